The molecule has 0 spiro atoms. The van der Waals surface area contributed by atoms with Gasteiger partial charge in [0.2, 0.25) is 0 Å². The summed E-state index contributed by atoms with van der Waals surface area (Å²) in [7, 11) is 2.08. The molecule has 0 amide bonds. The third kappa shape index (κ3) is 2.28. The van der Waals surface area contributed by atoms with Crippen LogP contribution in [0.25, 0.3) is 27.5 Å². The molecule has 5 aromatic rings. The maximum Gasteiger partial charge on any atom is 0.158 e. The molecule has 0 aliphatic heterocycles. The van der Waals surface area contributed by atoms with Gasteiger partial charge in [-0.1, -0.05) is 36.4 Å². The largest absolute Gasteiger partial charge is 0.331 e. The summed E-state index contributed by atoms with van der Waals surface area (Å²) in [5.41, 5.74) is 4.30. The van der Waals surface area contributed by atoms with E-state index in [1.165, 1.54) is 10.8 Å². The van der Waals surface area contributed by atoms with Gasteiger partial charge >= 0.3 is 0 Å². The predicted molar refractivity (Wildman–Crippen MR) is 103 cm³/mol. The Balaban J connectivity index is 1.51. The van der Waals surface area contributed by atoms with Gasteiger partial charge in [-0.3, -0.25) is 0 Å². The molecular weight excluding hydrogens is 322 g/mol. The van der Waals surface area contributed by atoms with Crippen LogP contribution in [0.4, 0.5) is 0 Å². The lowest BCUT2D eigenvalue weighted by Gasteiger charge is -2.01. The highest BCUT2D eigenvalue weighted by molar-refractivity contribution is 6.04. The van der Waals surface area contributed by atoms with Crippen molar-refractivity contribution in [2.24, 2.45) is 7.05 Å². The van der Waals surface area contributed by atoms with Crippen LogP contribution in [0.2, 0.25) is 0 Å². The first-order valence-electron chi connectivity index (χ1n) is 8.84. The first-order chi connectivity index (χ1) is 12.7. The van der Waals surface area contributed by atoms with Crippen LogP contribution in [0.5, 0.6) is 0 Å². The number of pyridine rings is 1. The maximum atomic E-state index is 4.93. The predicted octanol–water partition coefficient (Wildman–Crippen LogP) is 3.86. The van der Waals surface area contributed by atoms with E-state index in [0.717, 1.165) is 46.7 Å². The second-order valence-electron chi connectivity index (χ2n) is 6.73. The molecule has 0 aliphatic rings. The molecule has 5 heteroatoms. The summed E-state index contributed by atoms with van der Waals surface area (Å²) in [5, 5.41) is 7.02. The third-order valence-electron chi connectivity index (χ3n) is 5.04. The van der Waals surface area contributed by atoms with Crippen molar-refractivity contribution in [3.8, 4) is 0 Å². The molecule has 2 aromatic carbocycles. The molecule has 0 N–H and O–H groups in total. The minimum absolute atomic E-state index is 0.774. The Morgan fingerprint density at radius 1 is 0.923 bits per heavy atom. The van der Waals surface area contributed by atoms with Crippen molar-refractivity contribution in [1.82, 2.24) is 24.1 Å². The van der Waals surface area contributed by atoms with Crippen molar-refractivity contribution in [2.45, 2.75) is 19.8 Å². The number of hydrogen-bond donors (Lipinski definition) is 0. The van der Waals surface area contributed by atoms with Gasteiger partial charge in [0.25, 0.3) is 0 Å². The van der Waals surface area contributed by atoms with Crippen molar-refractivity contribution in [1.29, 1.82) is 0 Å². The molecule has 0 fully saturated rings. The quantitative estimate of drug-likeness (QED) is 0.501. The van der Waals surface area contributed by atoms with Crippen LogP contribution in [0, 0.1) is 6.92 Å². The number of fused-ring (bicyclic) bond motifs is 4. The summed E-state index contributed by atoms with van der Waals surface area (Å²) in [6.07, 6.45) is 3.53. The second-order valence-corrected chi connectivity index (χ2v) is 6.73. The molecule has 26 heavy (non-hydrogen) atoms. The van der Waals surface area contributed by atoms with Gasteiger partial charge in [-0.05, 0) is 30.0 Å². The van der Waals surface area contributed by atoms with Gasteiger partial charge in [0.1, 0.15) is 5.82 Å². The van der Waals surface area contributed by atoms with E-state index in [1.807, 2.05) is 16.8 Å². The van der Waals surface area contributed by atoms with Gasteiger partial charge < -0.3 is 4.57 Å². The number of imidazole rings is 1. The van der Waals surface area contributed by atoms with Crippen LogP contribution in [0.1, 0.15) is 17.2 Å². The van der Waals surface area contributed by atoms with Crippen LogP contribution >= 0.6 is 0 Å². The lowest BCUT2D eigenvalue weighted by molar-refractivity contribution is 0.755. The van der Waals surface area contributed by atoms with E-state index in [1.54, 1.807) is 0 Å². The van der Waals surface area contributed by atoms with Crippen LogP contribution in [0.3, 0.4) is 0 Å². The number of nitrogens with zero attached hydrogens (tertiary/aromatic N) is 5. The summed E-state index contributed by atoms with van der Waals surface area (Å²) >= 11 is 0. The van der Waals surface area contributed by atoms with Crippen LogP contribution in [0.15, 0.2) is 54.7 Å². The van der Waals surface area contributed by atoms with E-state index < -0.39 is 0 Å². The Morgan fingerprint density at radius 2 is 1.81 bits per heavy atom. The summed E-state index contributed by atoms with van der Waals surface area (Å²) < 4.78 is 4.04. The third-order valence-corrected chi connectivity index (χ3v) is 5.04. The fourth-order valence-corrected chi connectivity index (χ4v) is 3.61. The fraction of sp³-hybridized carbons (Fsp3) is 0.190. The Kier molecular flexibility index (Phi) is 3.28. The molecule has 3 aromatic heterocycles. The summed E-state index contributed by atoms with van der Waals surface area (Å²) in [4.78, 5) is 9.60. The van der Waals surface area contributed by atoms with Crippen molar-refractivity contribution in [2.75, 3.05) is 0 Å². The van der Waals surface area contributed by atoms with E-state index in [9.17, 15) is 0 Å². The average molecular weight is 341 g/mol. The SMILES string of the molecule is Cc1cccn2nc(CCc3nc4c5ccccc5ccc4n3C)nc12. The highest BCUT2D eigenvalue weighted by Crippen LogP contribution is 2.25. The molecule has 3 heterocycles. The fourth-order valence-electron chi connectivity index (χ4n) is 3.61. The zero-order valence-corrected chi connectivity index (χ0v) is 14.8. The lowest BCUT2D eigenvalue weighted by atomic mass is 10.1. The normalized spacial score (nSPS) is 11.8. The number of aryl methyl sites for hydroxylation is 4. The van der Waals surface area contributed by atoms with E-state index in [-0.39, 0.29) is 0 Å². The minimum atomic E-state index is 0.774. The van der Waals surface area contributed by atoms with Crippen molar-refractivity contribution < 1.29 is 0 Å². The van der Waals surface area contributed by atoms with E-state index >= 15 is 0 Å². The molecule has 0 saturated carbocycles. The first kappa shape index (κ1) is 15.1. The minimum Gasteiger partial charge on any atom is -0.331 e. The lowest BCUT2D eigenvalue weighted by Crippen LogP contribution is -2.01. The van der Waals surface area contributed by atoms with Crippen molar-refractivity contribution in [3.63, 3.8) is 0 Å². The Hall–Kier alpha value is -3.21. The van der Waals surface area contributed by atoms with Gasteiger partial charge in [0.05, 0.1) is 11.0 Å². The van der Waals surface area contributed by atoms with E-state index in [4.69, 9.17) is 4.98 Å². The molecule has 128 valence electrons. The second kappa shape index (κ2) is 5.66. The molecule has 0 aliphatic carbocycles. The zero-order chi connectivity index (χ0) is 17.7. The van der Waals surface area contributed by atoms with Gasteiger partial charge in [-0.15, -0.1) is 0 Å². The number of hydrogen-bond acceptors (Lipinski definition) is 3. The summed E-state index contributed by atoms with van der Waals surface area (Å²) in [6.45, 7) is 2.06. The van der Waals surface area contributed by atoms with Gasteiger partial charge in [0, 0.05) is 31.5 Å². The number of benzene rings is 2. The van der Waals surface area contributed by atoms with E-state index in [0.29, 0.717) is 0 Å². The molecule has 5 nitrogen and oxygen atoms in total. The summed E-state index contributed by atoms with van der Waals surface area (Å²) in [5.74, 6) is 1.92. The molecule has 0 radical (unpaired) electrons. The molecule has 0 bridgehead atoms. The van der Waals surface area contributed by atoms with Gasteiger partial charge in [-0.2, -0.15) is 5.10 Å². The van der Waals surface area contributed by atoms with Gasteiger partial charge in [0.15, 0.2) is 11.5 Å². The highest BCUT2D eigenvalue weighted by atomic mass is 15.3. The molecule has 5 rings (SSSR count). The van der Waals surface area contributed by atoms with E-state index in [2.05, 4.69) is 71.1 Å². The monoisotopic (exact) mass is 341 g/mol. The number of aromatic nitrogens is 5. The maximum absolute atomic E-state index is 4.93. The highest BCUT2D eigenvalue weighted by Gasteiger charge is 2.12. The first-order valence-corrected chi connectivity index (χ1v) is 8.84. The zero-order valence-electron chi connectivity index (χ0n) is 14.8. The van der Waals surface area contributed by atoms with Gasteiger partial charge in [-0.25, -0.2) is 14.5 Å². The average Bonchev–Trinajstić information content (AvgIpc) is 3.22. The molecular formula is C21H19N5. The Morgan fingerprint density at radius 3 is 2.69 bits per heavy atom. The van der Waals surface area contributed by atoms with Crippen LogP contribution < -0.4 is 0 Å². The standard InChI is InChI=1S/C21H19N5/c1-14-6-5-13-26-21(14)22-18(24-26)11-12-19-23-20-16-8-4-3-7-15(16)9-10-17(20)25(19)2/h3-10,13H,11-12H2,1-2H3. The topological polar surface area (TPSA) is 48.0 Å². The Bertz CT molecular complexity index is 1260. The Labute approximate surface area is 150 Å². The summed E-state index contributed by atoms with van der Waals surface area (Å²) in [6, 6.07) is 16.8. The molecule has 0 unspecified atom stereocenters. The van der Waals surface area contributed by atoms with Crippen molar-refractivity contribution in [3.05, 3.63) is 71.9 Å². The number of rotatable bonds is 3. The molecule has 0 atom stereocenters. The van der Waals surface area contributed by atoms with Crippen molar-refractivity contribution >= 4 is 27.5 Å². The van der Waals surface area contributed by atoms with Crippen LogP contribution in [-0.4, -0.2) is 24.1 Å². The smallest absolute Gasteiger partial charge is 0.158 e. The van der Waals surface area contributed by atoms with Crippen LogP contribution in [-0.2, 0) is 19.9 Å². The molecule has 0 saturated heterocycles.